The van der Waals surface area contributed by atoms with Crippen LogP contribution in [0.1, 0.15) is 19.4 Å². The monoisotopic (exact) mass is 350 g/mol. The number of rotatable bonds is 5. The van der Waals surface area contributed by atoms with Crippen LogP contribution in [0, 0.1) is 11.8 Å². The molecule has 1 N–H and O–H groups in total. The lowest BCUT2D eigenvalue weighted by molar-refractivity contribution is -0.137. The van der Waals surface area contributed by atoms with Crippen molar-refractivity contribution in [2.75, 3.05) is 19.6 Å². The molecule has 6 heteroatoms. The van der Waals surface area contributed by atoms with Gasteiger partial charge in [0.05, 0.1) is 10.0 Å². The molecule has 1 saturated heterocycles. The van der Waals surface area contributed by atoms with Crippen LogP contribution in [0.5, 0.6) is 0 Å². The van der Waals surface area contributed by atoms with Crippen molar-refractivity contribution >= 4 is 41.5 Å². The summed E-state index contributed by atoms with van der Waals surface area (Å²) < 4.78 is 0. The maximum absolute atomic E-state index is 12.5. The number of hydrogen-bond donors (Lipinski definition) is 1. The van der Waals surface area contributed by atoms with E-state index in [1.54, 1.807) is 6.07 Å². The zero-order valence-corrected chi connectivity index (χ0v) is 14.6. The quantitative estimate of drug-likeness (QED) is 0.878. The van der Waals surface area contributed by atoms with Crippen molar-refractivity contribution in [2.45, 2.75) is 20.4 Å². The SMILES string of the molecule is CCN(Cc1ccc(Cl)c(Cl)c1)C(=O)C(C)C1CNC1.Cl. The zero-order valence-electron chi connectivity index (χ0n) is 12.2. The van der Waals surface area contributed by atoms with Crippen LogP contribution >= 0.6 is 35.6 Å². The summed E-state index contributed by atoms with van der Waals surface area (Å²) in [6.45, 7) is 7.18. The summed E-state index contributed by atoms with van der Waals surface area (Å²) in [5.74, 6) is 0.745. The van der Waals surface area contributed by atoms with Gasteiger partial charge in [0.1, 0.15) is 0 Å². The summed E-state index contributed by atoms with van der Waals surface area (Å²) in [7, 11) is 0. The molecule has 21 heavy (non-hydrogen) atoms. The second-order valence-corrected chi connectivity index (χ2v) is 6.12. The Balaban J connectivity index is 0.00000220. The molecule has 1 amide bonds. The average molecular weight is 352 g/mol. The van der Waals surface area contributed by atoms with Gasteiger partial charge in [-0.3, -0.25) is 4.79 Å². The fraction of sp³-hybridized carbons (Fsp3) is 0.533. The molecule has 1 atom stereocenters. The number of benzene rings is 1. The number of carbonyl (C=O) groups excluding carboxylic acids is 1. The van der Waals surface area contributed by atoms with Crippen molar-refractivity contribution < 1.29 is 4.79 Å². The molecule has 1 aromatic rings. The van der Waals surface area contributed by atoms with Crippen molar-refractivity contribution in [1.29, 1.82) is 0 Å². The molecule has 0 bridgehead atoms. The number of hydrogen-bond acceptors (Lipinski definition) is 2. The van der Waals surface area contributed by atoms with Crippen LogP contribution in [0.4, 0.5) is 0 Å². The van der Waals surface area contributed by atoms with Crippen LogP contribution in [0.25, 0.3) is 0 Å². The third-order valence-electron chi connectivity index (χ3n) is 3.96. The normalized spacial score (nSPS) is 15.8. The predicted octanol–water partition coefficient (Wildman–Crippen LogP) is 3.62. The first-order valence-corrected chi connectivity index (χ1v) is 7.72. The first-order chi connectivity index (χ1) is 9.52. The molecular formula is C15H21Cl3N2O. The van der Waals surface area contributed by atoms with E-state index in [4.69, 9.17) is 23.2 Å². The van der Waals surface area contributed by atoms with Gasteiger partial charge in [0.2, 0.25) is 5.91 Å². The third kappa shape index (κ3) is 4.49. The van der Waals surface area contributed by atoms with E-state index in [1.165, 1.54) is 0 Å². The molecule has 0 radical (unpaired) electrons. The van der Waals surface area contributed by atoms with E-state index in [0.717, 1.165) is 18.7 Å². The van der Waals surface area contributed by atoms with Gasteiger partial charge in [0.15, 0.2) is 0 Å². The van der Waals surface area contributed by atoms with E-state index in [-0.39, 0.29) is 24.2 Å². The minimum absolute atomic E-state index is 0. The Bertz CT molecular complexity index is 492. The Labute approximate surface area is 142 Å². The van der Waals surface area contributed by atoms with Gasteiger partial charge in [-0.05, 0) is 43.6 Å². The standard InChI is InChI=1S/C15H20Cl2N2O.ClH/c1-3-19(15(20)10(2)12-7-18-8-12)9-11-4-5-13(16)14(17)6-11;/h4-6,10,12,18H,3,7-9H2,1-2H3;1H. The highest BCUT2D eigenvalue weighted by molar-refractivity contribution is 6.42. The number of nitrogens with one attached hydrogen (secondary N) is 1. The Morgan fingerprint density at radius 1 is 1.38 bits per heavy atom. The van der Waals surface area contributed by atoms with Crippen molar-refractivity contribution in [1.82, 2.24) is 10.2 Å². The molecule has 1 aliphatic rings. The summed E-state index contributed by atoms with van der Waals surface area (Å²) in [5, 5.41) is 4.29. The maximum atomic E-state index is 12.5. The lowest BCUT2D eigenvalue weighted by Gasteiger charge is -2.34. The minimum atomic E-state index is 0. The number of halogens is 3. The Kier molecular flexibility index (Phi) is 7.28. The minimum Gasteiger partial charge on any atom is -0.338 e. The Hall–Kier alpha value is -0.480. The molecule has 3 nitrogen and oxygen atoms in total. The second-order valence-electron chi connectivity index (χ2n) is 5.31. The van der Waals surface area contributed by atoms with Crippen molar-refractivity contribution in [3.63, 3.8) is 0 Å². The first-order valence-electron chi connectivity index (χ1n) is 6.96. The van der Waals surface area contributed by atoms with E-state index in [1.807, 2.05) is 30.9 Å². The topological polar surface area (TPSA) is 32.3 Å². The fourth-order valence-corrected chi connectivity index (χ4v) is 2.68. The van der Waals surface area contributed by atoms with Crippen LogP contribution < -0.4 is 5.32 Å². The highest BCUT2D eigenvalue weighted by atomic mass is 35.5. The van der Waals surface area contributed by atoms with Crippen molar-refractivity contribution in [3.8, 4) is 0 Å². The lowest BCUT2D eigenvalue weighted by Crippen LogP contribution is -2.50. The first kappa shape index (κ1) is 18.6. The summed E-state index contributed by atoms with van der Waals surface area (Å²) in [5.41, 5.74) is 1.01. The molecule has 1 aliphatic heterocycles. The van der Waals surface area contributed by atoms with E-state index in [9.17, 15) is 4.79 Å². The van der Waals surface area contributed by atoms with Crippen LogP contribution in [-0.2, 0) is 11.3 Å². The van der Waals surface area contributed by atoms with Gasteiger partial charge in [-0.2, -0.15) is 0 Å². The molecule has 1 fully saturated rings. The van der Waals surface area contributed by atoms with Gasteiger partial charge in [0, 0.05) is 19.0 Å². The summed E-state index contributed by atoms with van der Waals surface area (Å²) in [6.07, 6.45) is 0. The summed E-state index contributed by atoms with van der Waals surface area (Å²) in [4.78, 5) is 14.4. The molecule has 1 unspecified atom stereocenters. The molecule has 0 saturated carbocycles. The van der Waals surface area contributed by atoms with E-state index in [2.05, 4.69) is 5.32 Å². The number of nitrogens with zero attached hydrogens (tertiary/aromatic N) is 1. The van der Waals surface area contributed by atoms with Gasteiger partial charge in [-0.25, -0.2) is 0 Å². The van der Waals surface area contributed by atoms with E-state index >= 15 is 0 Å². The second kappa shape index (κ2) is 8.23. The Morgan fingerprint density at radius 3 is 2.52 bits per heavy atom. The number of amides is 1. The van der Waals surface area contributed by atoms with Gasteiger partial charge in [-0.1, -0.05) is 36.2 Å². The molecule has 2 rings (SSSR count). The fourth-order valence-electron chi connectivity index (χ4n) is 2.36. The van der Waals surface area contributed by atoms with E-state index in [0.29, 0.717) is 29.1 Å². The van der Waals surface area contributed by atoms with Crippen LogP contribution in [0.3, 0.4) is 0 Å². The van der Waals surface area contributed by atoms with Crippen molar-refractivity contribution in [2.24, 2.45) is 11.8 Å². The average Bonchev–Trinajstić information content (AvgIpc) is 2.37. The van der Waals surface area contributed by atoms with Crippen LogP contribution in [0.2, 0.25) is 10.0 Å². The number of carbonyl (C=O) groups is 1. The molecule has 118 valence electrons. The highest BCUT2D eigenvalue weighted by Gasteiger charge is 2.31. The molecule has 0 spiro atoms. The maximum Gasteiger partial charge on any atom is 0.226 e. The molecule has 1 aromatic carbocycles. The van der Waals surface area contributed by atoms with Gasteiger partial charge < -0.3 is 10.2 Å². The van der Waals surface area contributed by atoms with Crippen molar-refractivity contribution in [3.05, 3.63) is 33.8 Å². The van der Waals surface area contributed by atoms with Gasteiger partial charge in [0.25, 0.3) is 0 Å². The highest BCUT2D eigenvalue weighted by Crippen LogP contribution is 2.24. The largest absolute Gasteiger partial charge is 0.338 e. The molecular weight excluding hydrogens is 331 g/mol. The van der Waals surface area contributed by atoms with Crippen LogP contribution in [-0.4, -0.2) is 30.4 Å². The predicted molar refractivity (Wildman–Crippen MR) is 90.3 cm³/mol. The molecule has 0 aliphatic carbocycles. The lowest BCUT2D eigenvalue weighted by atomic mass is 9.88. The molecule has 0 aromatic heterocycles. The van der Waals surface area contributed by atoms with Gasteiger partial charge >= 0.3 is 0 Å². The smallest absolute Gasteiger partial charge is 0.226 e. The third-order valence-corrected chi connectivity index (χ3v) is 4.70. The van der Waals surface area contributed by atoms with E-state index < -0.39 is 0 Å². The summed E-state index contributed by atoms with van der Waals surface area (Å²) >= 11 is 11.9. The van der Waals surface area contributed by atoms with Gasteiger partial charge in [-0.15, -0.1) is 12.4 Å². The molecule has 1 heterocycles. The zero-order chi connectivity index (χ0) is 14.7. The Morgan fingerprint density at radius 2 is 2.05 bits per heavy atom. The van der Waals surface area contributed by atoms with Crippen LogP contribution in [0.15, 0.2) is 18.2 Å². The summed E-state index contributed by atoms with van der Waals surface area (Å²) in [6, 6.07) is 5.52.